The summed E-state index contributed by atoms with van der Waals surface area (Å²) < 4.78 is 11.7. The minimum Gasteiger partial charge on any atom is -0.493 e. The molecule has 27 heavy (non-hydrogen) atoms. The Bertz CT molecular complexity index is 757. The molecule has 7 heteroatoms. The smallest absolute Gasteiger partial charge is 0.163 e. The van der Waals surface area contributed by atoms with Gasteiger partial charge in [0.1, 0.15) is 12.1 Å². The van der Waals surface area contributed by atoms with Gasteiger partial charge in [0.25, 0.3) is 0 Å². The van der Waals surface area contributed by atoms with E-state index in [1.807, 2.05) is 12.1 Å². The van der Waals surface area contributed by atoms with Gasteiger partial charge in [-0.05, 0) is 31.9 Å². The minimum atomic E-state index is 0.562. The second-order valence-corrected chi connectivity index (χ2v) is 7.24. The number of benzene rings is 1. The van der Waals surface area contributed by atoms with Crippen molar-refractivity contribution >= 4 is 16.7 Å². The van der Waals surface area contributed by atoms with Gasteiger partial charge >= 0.3 is 0 Å². The number of fused-ring (bicyclic) bond motifs is 1. The van der Waals surface area contributed by atoms with Gasteiger partial charge in [0.2, 0.25) is 0 Å². The van der Waals surface area contributed by atoms with Crippen molar-refractivity contribution in [1.82, 2.24) is 20.6 Å². The topological polar surface area (TPSA) is 71.5 Å². The third-order valence-electron chi connectivity index (χ3n) is 5.45. The van der Waals surface area contributed by atoms with Gasteiger partial charge in [-0.1, -0.05) is 6.42 Å². The molecule has 4 rings (SSSR count). The summed E-state index contributed by atoms with van der Waals surface area (Å²) in [5, 5.41) is 7.96. The number of methoxy groups -OCH3 is 1. The van der Waals surface area contributed by atoms with Crippen molar-refractivity contribution in [2.45, 2.75) is 31.7 Å². The van der Waals surface area contributed by atoms with Gasteiger partial charge in [0.15, 0.2) is 11.5 Å². The van der Waals surface area contributed by atoms with E-state index in [0.29, 0.717) is 12.6 Å². The lowest BCUT2D eigenvalue weighted by molar-refractivity contribution is 0.257. The van der Waals surface area contributed by atoms with Gasteiger partial charge in [-0.2, -0.15) is 0 Å². The van der Waals surface area contributed by atoms with Crippen LogP contribution < -0.4 is 25.0 Å². The van der Waals surface area contributed by atoms with E-state index < -0.39 is 0 Å². The molecule has 2 aromatic rings. The maximum absolute atomic E-state index is 6.08. The first-order valence-corrected chi connectivity index (χ1v) is 10.00. The van der Waals surface area contributed by atoms with Crippen LogP contribution >= 0.6 is 0 Å². The fourth-order valence-corrected chi connectivity index (χ4v) is 3.93. The van der Waals surface area contributed by atoms with Crippen LogP contribution in [0.2, 0.25) is 0 Å². The number of hydrogen-bond acceptors (Lipinski definition) is 7. The fourth-order valence-electron chi connectivity index (χ4n) is 3.93. The molecule has 0 bridgehead atoms. The second kappa shape index (κ2) is 8.71. The zero-order valence-electron chi connectivity index (χ0n) is 16.0. The van der Waals surface area contributed by atoms with Gasteiger partial charge in [0.05, 0.1) is 19.2 Å². The lowest BCUT2D eigenvalue weighted by Crippen LogP contribution is -2.44. The van der Waals surface area contributed by atoms with E-state index in [9.17, 15) is 0 Å². The van der Waals surface area contributed by atoms with Gasteiger partial charge in [-0.3, -0.25) is 0 Å². The number of aromatic nitrogens is 2. The van der Waals surface area contributed by atoms with Gasteiger partial charge in [-0.25, -0.2) is 9.97 Å². The van der Waals surface area contributed by atoms with Crippen LogP contribution in [0.3, 0.4) is 0 Å². The molecular formula is C20H29N5O2. The van der Waals surface area contributed by atoms with Gasteiger partial charge in [0, 0.05) is 43.7 Å². The zero-order valence-corrected chi connectivity index (χ0v) is 16.0. The zero-order chi connectivity index (χ0) is 18.5. The number of anilines is 1. The second-order valence-electron chi connectivity index (χ2n) is 7.24. The molecule has 0 radical (unpaired) electrons. The average molecular weight is 371 g/mol. The van der Waals surface area contributed by atoms with E-state index in [2.05, 4.69) is 25.5 Å². The lowest BCUT2D eigenvalue weighted by atomic mass is 10.0. The van der Waals surface area contributed by atoms with E-state index >= 15 is 0 Å². The molecule has 2 aliphatic heterocycles. The number of piperazine rings is 1. The highest BCUT2D eigenvalue weighted by atomic mass is 16.5. The fraction of sp³-hybridized carbons (Fsp3) is 0.600. The van der Waals surface area contributed by atoms with Crippen LogP contribution in [0.5, 0.6) is 11.5 Å². The molecule has 2 saturated heterocycles. The van der Waals surface area contributed by atoms with E-state index in [1.165, 1.54) is 19.3 Å². The van der Waals surface area contributed by atoms with Crippen LogP contribution in [-0.4, -0.2) is 62.5 Å². The highest BCUT2D eigenvalue weighted by molar-refractivity contribution is 5.92. The maximum Gasteiger partial charge on any atom is 0.163 e. The molecule has 7 nitrogen and oxygen atoms in total. The van der Waals surface area contributed by atoms with Gasteiger partial charge < -0.3 is 25.0 Å². The van der Waals surface area contributed by atoms with Crippen molar-refractivity contribution in [3.05, 3.63) is 18.5 Å². The molecule has 0 aliphatic carbocycles. The van der Waals surface area contributed by atoms with Crippen LogP contribution in [0, 0.1) is 0 Å². The Morgan fingerprint density at radius 1 is 1.11 bits per heavy atom. The van der Waals surface area contributed by atoms with E-state index in [0.717, 1.165) is 67.4 Å². The number of rotatable bonds is 6. The van der Waals surface area contributed by atoms with E-state index in [4.69, 9.17) is 9.47 Å². The van der Waals surface area contributed by atoms with Crippen molar-refractivity contribution in [3.8, 4) is 11.5 Å². The largest absolute Gasteiger partial charge is 0.493 e. The minimum absolute atomic E-state index is 0.562. The molecule has 0 spiro atoms. The summed E-state index contributed by atoms with van der Waals surface area (Å²) in [6.07, 6.45) is 6.48. The van der Waals surface area contributed by atoms with Crippen molar-refractivity contribution < 1.29 is 9.47 Å². The number of nitrogens with one attached hydrogen (secondary N) is 2. The average Bonchev–Trinajstić information content (AvgIpc) is 2.74. The SMILES string of the molecule is COc1cc2c(N3CCNCC3)ncnc2cc1OCCC1CCCCN1. The van der Waals surface area contributed by atoms with Crippen molar-refractivity contribution in [2.24, 2.45) is 0 Å². The molecule has 2 aliphatic rings. The summed E-state index contributed by atoms with van der Waals surface area (Å²) in [6.45, 7) is 5.63. The normalized spacial score (nSPS) is 20.6. The summed E-state index contributed by atoms with van der Waals surface area (Å²) in [7, 11) is 1.69. The molecule has 1 aromatic heterocycles. The maximum atomic E-state index is 6.08. The first-order chi connectivity index (χ1) is 13.3. The Labute approximate surface area is 160 Å². The molecule has 2 fully saturated rings. The summed E-state index contributed by atoms with van der Waals surface area (Å²) >= 11 is 0. The van der Waals surface area contributed by atoms with Crippen LogP contribution in [0.25, 0.3) is 10.9 Å². The first-order valence-electron chi connectivity index (χ1n) is 10.00. The standard InChI is InChI=1S/C20H29N5O2/c1-26-18-12-16-17(23-14-24-20(16)25-9-7-21-8-10-25)13-19(18)27-11-5-15-4-2-3-6-22-15/h12-15,21-22H,2-11H2,1H3. The van der Waals surface area contributed by atoms with Crippen molar-refractivity contribution in [1.29, 1.82) is 0 Å². The highest BCUT2D eigenvalue weighted by Crippen LogP contribution is 2.35. The summed E-state index contributed by atoms with van der Waals surface area (Å²) in [5.41, 5.74) is 0.894. The number of piperidine rings is 1. The lowest BCUT2D eigenvalue weighted by Gasteiger charge is -2.29. The predicted molar refractivity (Wildman–Crippen MR) is 107 cm³/mol. The Kier molecular flexibility index (Phi) is 5.89. The quantitative estimate of drug-likeness (QED) is 0.804. The van der Waals surface area contributed by atoms with Crippen LogP contribution in [0.4, 0.5) is 5.82 Å². The molecule has 146 valence electrons. The third kappa shape index (κ3) is 4.25. The van der Waals surface area contributed by atoms with Crippen molar-refractivity contribution in [3.63, 3.8) is 0 Å². The highest BCUT2D eigenvalue weighted by Gasteiger charge is 2.18. The number of nitrogens with zero attached hydrogens (tertiary/aromatic N) is 3. The molecule has 1 atom stereocenters. The van der Waals surface area contributed by atoms with E-state index in [1.54, 1.807) is 13.4 Å². The first kappa shape index (κ1) is 18.3. The molecule has 1 unspecified atom stereocenters. The summed E-state index contributed by atoms with van der Waals surface area (Å²) in [6, 6.07) is 4.56. The summed E-state index contributed by atoms with van der Waals surface area (Å²) in [5.74, 6) is 2.47. The molecule has 2 N–H and O–H groups in total. The molecular weight excluding hydrogens is 342 g/mol. The molecule has 1 aromatic carbocycles. The molecule has 0 amide bonds. The predicted octanol–water partition coefficient (Wildman–Crippen LogP) is 1.96. The summed E-state index contributed by atoms with van der Waals surface area (Å²) in [4.78, 5) is 11.3. The van der Waals surface area contributed by atoms with Gasteiger partial charge in [-0.15, -0.1) is 0 Å². The Balaban J connectivity index is 1.52. The van der Waals surface area contributed by atoms with Crippen LogP contribution in [0.1, 0.15) is 25.7 Å². The third-order valence-corrected chi connectivity index (χ3v) is 5.45. The van der Waals surface area contributed by atoms with Crippen molar-refractivity contribution in [2.75, 3.05) is 51.3 Å². The molecule has 3 heterocycles. The number of hydrogen-bond donors (Lipinski definition) is 2. The Hall–Kier alpha value is -2.12. The Morgan fingerprint density at radius 2 is 2.00 bits per heavy atom. The van der Waals surface area contributed by atoms with E-state index in [-0.39, 0.29) is 0 Å². The van der Waals surface area contributed by atoms with Crippen LogP contribution in [0.15, 0.2) is 18.5 Å². The Morgan fingerprint density at radius 3 is 2.78 bits per heavy atom. The monoisotopic (exact) mass is 371 g/mol. The number of ether oxygens (including phenoxy) is 2. The molecule has 0 saturated carbocycles. The van der Waals surface area contributed by atoms with Crippen LogP contribution in [-0.2, 0) is 0 Å².